The summed E-state index contributed by atoms with van der Waals surface area (Å²) >= 11 is 1.30. The smallest absolute Gasteiger partial charge is 0.0771 e. The number of allylic oxidation sites excluding steroid dienone is 4. The standard InChI is InChI=1S/C21H25.2C13H11.C5H5.CH2.2ClH.Zr/c1-20(2,3)16-7-9-18-14(12-16)11-15-13-17(21(4,5)6)8-10-19(15)18;2*1-3-7-12(8-4-1)11-13-9-5-2-6-10-13;1-2-4-5-3-1;;;;/h7-10,12H,11H2,1-6H3;2*1-11H;1-3H,4H2;1H2;2*1H;/q4*-1;;;;. The van der Waals surface area contributed by atoms with Gasteiger partial charge >= 0.3 is 28.4 Å². The van der Waals surface area contributed by atoms with Gasteiger partial charge in [-0.1, -0.05) is 138 Å². The molecule has 6 aromatic rings. The molecule has 8 rings (SSSR count). The molecule has 0 saturated carbocycles. The fourth-order valence-electron chi connectivity index (χ4n) is 5.95. The average molecular weight is 855 g/mol. The van der Waals surface area contributed by atoms with Gasteiger partial charge in [-0.2, -0.15) is 29.8 Å². The summed E-state index contributed by atoms with van der Waals surface area (Å²) in [5, 5.41) is 0. The first kappa shape index (κ1) is 48.0. The summed E-state index contributed by atoms with van der Waals surface area (Å²) in [6.45, 7) is 13.6. The van der Waals surface area contributed by atoms with Crippen LogP contribution in [0.5, 0.6) is 0 Å². The molecular formula is C53H56Cl2Zr-4. The molecular weight excluding hydrogens is 799 g/mol. The van der Waals surface area contributed by atoms with Crippen LogP contribution in [0.1, 0.15) is 92.5 Å². The maximum absolute atomic E-state index is 3.67. The molecule has 6 aromatic carbocycles. The first-order chi connectivity index (χ1) is 26.1. The maximum atomic E-state index is 3.67. The van der Waals surface area contributed by atoms with Gasteiger partial charge in [0.2, 0.25) is 0 Å². The van der Waals surface area contributed by atoms with Gasteiger partial charge in [0.15, 0.2) is 0 Å². The number of halogens is 2. The summed E-state index contributed by atoms with van der Waals surface area (Å²) in [4.78, 5) is 0. The van der Waals surface area contributed by atoms with Crippen molar-refractivity contribution in [1.82, 2.24) is 0 Å². The van der Waals surface area contributed by atoms with E-state index in [-0.39, 0.29) is 35.6 Å². The predicted octanol–water partition coefficient (Wildman–Crippen LogP) is 14.3. The SMILES string of the molecule is CC(C)(C)c1[c-]c2c(cc1)-c1ccc(C(C)(C)C)cc1C2.Cl.Cl.[C-]1=CC=CC1.[CH2]=[Zr].c1ccc([CH-]c2ccccc2)cc1.c1ccc([CH-]c2ccccc2)cc1. The summed E-state index contributed by atoms with van der Waals surface area (Å²) in [5.74, 6) is 0. The van der Waals surface area contributed by atoms with Crippen LogP contribution in [0.3, 0.4) is 0 Å². The second-order valence-electron chi connectivity index (χ2n) is 15.2. The van der Waals surface area contributed by atoms with Crippen LogP contribution in [-0.4, -0.2) is 4.21 Å². The third kappa shape index (κ3) is 15.8. The quantitative estimate of drug-likeness (QED) is 0.155. The minimum Gasteiger partial charge on any atom is -0.126 e. The minimum atomic E-state index is 0. The van der Waals surface area contributed by atoms with Crippen molar-refractivity contribution in [3.63, 3.8) is 0 Å². The molecule has 0 heterocycles. The molecule has 0 radical (unpaired) electrons. The van der Waals surface area contributed by atoms with Crippen molar-refractivity contribution < 1.29 is 24.2 Å². The molecule has 2 aliphatic rings. The van der Waals surface area contributed by atoms with Crippen LogP contribution in [0.25, 0.3) is 11.1 Å². The molecule has 0 unspecified atom stereocenters. The van der Waals surface area contributed by atoms with Crippen LogP contribution < -0.4 is 0 Å². The molecule has 0 bridgehead atoms. The molecule has 0 fully saturated rings. The average Bonchev–Trinajstić information content (AvgIpc) is 3.89. The van der Waals surface area contributed by atoms with Crippen molar-refractivity contribution in [1.29, 1.82) is 0 Å². The Kier molecular flexibility index (Phi) is 21.0. The van der Waals surface area contributed by atoms with Gasteiger partial charge < -0.3 is 0 Å². The van der Waals surface area contributed by atoms with Crippen molar-refractivity contribution >= 4 is 29.0 Å². The molecule has 56 heavy (non-hydrogen) atoms. The Hall–Kier alpha value is -4.13. The van der Waals surface area contributed by atoms with Crippen molar-refractivity contribution in [3.05, 3.63) is 239 Å². The summed E-state index contributed by atoms with van der Waals surface area (Å²) in [7, 11) is 0. The van der Waals surface area contributed by atoms with Gasteiger partial charge in [-0.3, -0.25) is 6.08 Å². The molecule has 0 atom stereocenters. The van der Waals surface area contributed by atoms with E-state index in [0.717, 1.165) is 12.8 Å². The van der Waals surface area contributed by atoms with E-state index >= 15 is 0 Å². The summed E-state index contributed by atoms with van der Waals surface area (Å²) in [6, 6.07) is 56.5. The second kappa shape index (κ2) is 24.5. The summed E-state index contributed by atoms with van der Waals surface area (Å²) in [5.41, 5.74) is 13.7. The minimum absolute atomic E-state index is 0. The van der Waals surface area contributed by atoms with Crippen LogP contribution in [-0.2, 0) is 41.5 Å². The first-order valence-electron chi connectivity index (χ1n) is 18.7. The van der Waals surface area contributed by atoms with Crippen LogP contribution in [0.2, 0.25) is 0 Å². The van der Waals surface area contributed by atoms with Crippen LogP contribution in [0.15, 0.2) is 170 Å². The van der Waals surface area contributed by atoms with E-state index in [1.54, 1.807) is 0 Å². The molecule has 0 amide bonds. The molecule has 0 aromatic heterocycles. The maximum Gasteiger partial charge on any atom is -0.0771 e. The summed E-state index contributed by atoms with van der Waals surface area (Å²) < 4.78 is 3.34. The molecule has 2 aliphatic carbocycles. The molecule has 290 valence electrons. The van der Waals surface area contributed by atoms with Gasteiger partial charge in [-0.05, 0) is 28.4 Å². The molecule has 0 N–H and O–H groups in total. The molecule has 0 nitrogen and oxygen atoms in total. The zero-order valence-electron chi connectivity index (χ0n) is 33.8. The van der Waals surface area contributed by atoms with Gasteiger partial charge in [0.25, 0.3) is 0 Å². The summed E-state index contributed by atoms with van der Waals surface area (Å²) in [6.07, 6.45) is 15.4. The zero-order valence-corrected chi connectivity index (χ0v) is 37.8. The fourth-order valence-corrected chi connectivity index (χ4v) is 5.95. The van der Waals surface area contributed by atoms with Gasteiger partial charge in [0.1, 0.15) is 0 Å². The van der Waals surface area contributed by atoms with E-state index in [0.29, 0.717) is 0 Å². The van der Waals surface area contributed by atoms with E-state index in [2.05, 4.69) is 204 Å². The number of rotatable bonds is 4. The van der Waals surface area contributed by atoms with Gasteiger partial charge in [-0.15, -0.1) is 126 Å². The monoisotopic (exact) mass is 852 g/mol. The molecule has 0 saturated heterocycles. The zero-order chi connectivity index (χ0) is 38.8. The van der Waals surface area contributed by atoms with Crippen molar-refractivity contribution in [2.24, 2.45) is 0 Å². The topological polar surface area (TPSA) is 0 Å². The van der Waals surface area contributed by atoms with Crippen molar-refractivity contribution in [2.45, 2.75) is 65.2 Å². The Labute approximate surface area is 366 Å². The van der Waals surface area contributed by atoms with Crippen LogP contribution in [0, 0.1) is 25.0 Å². The normalized spacial score (nSPS) is 11.3. The predicted molar refractivity (Wildman–Crippen MR) is 245 cm³/mol. The van der Waals surface area contributed by atoms with Gasteiger partial charge in [0.05, 0.1) is 0 Å². The Balaban J connectivity index is 0.000000271. The Morgan fingerprint density at radius 2 is 0.964 bits per heavy atom. The van der Waals surface area contributed by atoms with E-state index in [1.165, 1.54) is 79.9 Å². The van der Waals surface area contributed by atoms with E-state index in [1.807, 2.05) is 36.4 Å². The number of benzene rings is 6. The second-order valence-corrected chi connectivity index (χ2v) is 15.2. The third-order valence-electron chi connectivity index (χ3n) is 8.91. The van der Waals surface area contributed by atoms with Crippen LogP contribution >= 0.6 is 24.8 Å². The molecule has 0 aliphatic heterocycles. The van der Waals surface area contributed by atoms with Gasteiger partial charge in [0, 0.05) is 0 Å². The fraction of sp³-hybridized carbons (Fsp3) is 0.189. The van der Waals surface area contributed by atoms with E-state index in [4.69, 9.17) is 0 Å². The number of hydrogen-bond donors (Lipinski definition) is 0. The van der Waals surface area contributed by atoms with Gasteiger partial charge in [-0.25, -0.2) is 12.2 Å². The molecule has 3 heteroatoms. The Morgan fingerprint density at radius 3 is 1.30 bits per heavy atom. The number of hydrogen-bond acceptors (Lipinski definition) is 0. The van der Waals surface area contributed by atoms with Crippen molar-refractivity contribution in [3.8, 4) is 11.1 Å². The van der Waals surface area contributed by atoms with Crippen LogP contribution in [0.4, 0.5) is 0 Å². The third-order valence-corrected chi connectivity index (χ3v) is 8.91. The largest absolute Gasteiger partial charge is 0.126 e. The van der Waals surface area contributed by atoms with Crippen molar-refractivity contribution in [2.75, 3.05) is 0 Å². The Morgan fingerprint density at radius 1 is 0.536 bits per heavy atom. The van der Waals surface area contributed by atoms with E-state index in [9.17, 15) is 0 Å². The van der Waals surface area contributed by atoms with E-state index < -0.39 is 0 Å². The molecule has 0 spiro atoms. The Bertz CT molecular complexity index is 1810. The number of fused-ring (bicyclic) bond motifs is 3. The first-order valence-corrected chi connectivity index (χ1v) is 20.5.